The molecule has 24 heavy (non-hydrogen) atoms. The van der Waals surface area contributed by atoms with E-state index in [9.17, 15) is 9.59 Å². The van der Waals surface area contributed by atoms with Crippen LogP contribution in [0, 0.1) is 6.92 Å². The predicted molar refractivity (Wildman–Crippen MR) is 98.0 cm³/mol. The van der Waals surface area contributed by atoms with E-state index in [1.807, 2.05) is 13.0 Å². The largest absolute Gasteiger partial charge is 0.448 e. The van der Waals surface area contributed by atoms with Gasteiger partial charge in [0.2, 0.25) is 0 Å². The molecule has 1 atom stereocenters. The van der Waals surface area contributed by atoms with Gasteiger partial charge < -0.3 is 10.1 Å². The predicted octanol–water partition coefficient (Wildman–Crippen LogP) is 4.85. The molecule has 1 heterocycles. The molecule has 0 spiro atoms. The summed E-state index contributed by atoms with van der Waals surface area (Å²) in [6, 6.07) is 8.59. The Morgan fingerprint density at radius 3 is 2.58 bits per heavy atom. The highest BCUT2D eigenvalue weighted by atomic mass is 35.5. The molecule has 2 rings (SSSR count). The molecule has 0 unspecified atom stereocenters. The maximum absolute atomic E-state index is 12.2. The summed E-state index contributed by atoms with van der Waals surface area (Å²) >= 11 is 7.20. The van der Waals surface area contributed by atoms with E-state index < -0.39 is 12.1 Å². The van der Waals surface area contributed by atoms with Crippen molar-refractivity contribution in [3.05, 3.63) is 50.7 Å². The molecule has 0 aliphatic rings. The second-order valence-corrected chi connectivity index (χ2v) is 7.18. The lowest BCUT2D eigenvalue weighted by Gasteiger charge is -2.13. The number of thiophene rings is 1. The van der Waals surface area contributed by atoms with Crippen molar-refractivity contribution in [2.24, 2.45) is 0 Å². The van der Waals surface area contributed by atoms with Crippen LogP contribution in [0.4, 0.5) is 5.69 Å². The molecule has 0 fully saturated rings. The van der Waals surface area contributed by atoms with Crippen molar-refractivity contribution in [1.82, 2.24) is 0 Å². The second-order valence-electron chi connectivity index (χ2n) is 5.49. The highest BCUT2D eigenvalue weighted by molar-refractivity contribution is 7.14. The molecule has 4 nitrogen and oxygen atoms in total. The summed E-state index contributed by atoms with van der Waals surface area (Å²) in [5.41, 5.74) is 1.76. The first kappa shape index (κ1) is 18.5. The van der Waals surface area contributed by atoms with Gasteiger partial charge in [-0.25, -0.2) is 4.79 Å². The number of rotatable bonds is 6. The van der Waals surface area contributed by atoms with Gasteiger partial charge in [0.05, 0.1) is 0 Å². The first-order chi connectivity index (χ1) is 11.4. The number of anilines is 1. The molecular weight excluding hydrogens is 346 g/mol. The van der Waals surface area contributed by atoms with Crippen LogP contribution in [0.1, 0.15) is 40.4 Å². The first-order valence-corrected chi connectivity index (χ1v) is 8.97. The van der Waals surface area contributed by atoms with E-state index in [0.717, 1.165) is 23.3 Å². The highest BCUT2D eigenvalue weighted by Gasteiger charge is 2.21. The Morgan fingerprint density at radius 2 is 1.96 bits per heavy atom. The molecule has 1 aromatic carbocycles. The van der Waals surface area contributed by atoms with E-state index in [0.29, 0.717) is 15.6 Å². The van der Waals surface area contributed by atoms with E-state index in [1.165, 1.54) is 11.3 Å². The van der Waals surface area contributed by atoms with Gasteiger partial charge in [-0.15, -0.1) is 11.3 Å². The maximum atomic E-state index is 12.2. The molecule has 0 radical (unpaired) electrons. The van der Waals surface area contributed by atoms with Crippen LogP contribution < -0.4 is 5.32 Å². The monoisotopic (exact) mass is 365 g/mol. The van der Waals surface area contributed by atoms with Crippen molar-refractivity contribution >= 4 is 40.5 Å². The average Bonchev–Trinajstić information content (AvgIpc) is 2.91. The summed E-state index contributed by atoms with van der Waals surface area (Å²) in [7, 11) is 0. The van der Waals surface area contributed by atoms with Crippen molar-refractivity contribution in [3.8, 4) is 0 Å². The quantitative estimate of drug-likeness (QED) is 0.744. The average molecular weight is 366 g/mol. The van der Waals surface area contributed by atoms with Gasteiger partial charge in [0.1, 0.15) is 4.88 Å². The zero-order valence-electron chi connectivity index (χ0n) is 13.9. The number of amides is 1. The summed E-state index contributed by atoms with van der Waals surface area (Å²) in [6.07, 6.45) is 1.07. The lowest BCUT2D eigenvalue weighted by Crippen LogP contribution is -2.29. The minimum Gasteiger partial charge on any atom is -0.448 e. The SMILES string of the molecule is CCCc1cc(C(=O)O[C@@H](C)C(=O)Nc2ccc(Cl)cc2)sc1C. The lowest BCUT2D eigenvalue weighted by atomic mass is 10.1. The van der Waals surface area contributed by atoms with Crippen LogP contribution in [0.25, 0.3) is 0 Å². The van der Waals surface area contributed by atoms with Gasteiger partial charge in [0.25, 0.3) is 5.91 Å². The van der Waals surface area contributed by atoms with Gasteiger partial charge in [-0.1, -0.05) is 24.9 Å². The van der Waals surface area contributed by atoms with Crippen molar-refractivity contribution in [2.45, 2.75) is 39.7 Å². The number of esters is 1. The summed E-state index contributed by atoms with van der Waals surface area (Å²) in [6.45, 7) is 5.64. The third-order valence-corrected chi connectivity index (χ3v) is 4.83. The molecule has 1 N–H and O–H groups in total. The molecule has 1 aromatic heterocycles. The van der Waals surface area contributed by atoms with Crippen molar-refractivity contribution in [2.75, 3.05) is 5.32 Å². The summed E-state index contributed by atoms with van der Waals surface area (Å²) in [4.78, 5) is 26.0. The fourth-order valence-corrected chi connectivity index (χ4v) is 3.27. The number of hydrogen-bond acceptors (Lipinski definition) is 4. The van der Waals surface area contributed by atoms with Gasteiger partial charge in [-0.2, -0.15) is 0 Å². The summed E-state index contributed by atoms with van der Waals surface area (Å²) in [5.74, 6) is -0.850. The lowest BCUT2D eigenvalue weighted by molar-refractivity contribution is -0.123. The molecule has 1 amide bonds. The minimum atomic E-state index is -0.884. The molecule has 0 saturated carbocycles. The van der Waals surface area contributed by atoms with Gasteiger partial charge in [-0.05, 0) is 56.2 Å². The topological polar surface area (TPSA) is 55.4 Å². The van der Waals surface area contributed by atoms with E-state index in [4.69, 9.17) is 16.3 Å². The fourth-order valence-electron chi connectivity index (χ4n) is 2.19. The van der Waals surface area contributed by atoms with Crippen LogP contribution in [0.3, 0.4) is 0 Å². The molecule has 128 valence electrons. The standard InChI is InChI=1S/C18H20ClNO3S/c1-4-5-13-10-16(24-12(13)3)18(22)23-11(2)17(21)20-15-8-6-14(19)7-9-15/h6-11H,4-5H2,1-3H3,(H,20,21)/t11-/m0/s1. The Bertz CT molecular complexity index is 724. The summed E-state index contributed by atoms with van der Waals surface area (Å²) in [5, 5.41) is 3.28. The van der Waals surface area contributed by atoms with E-state index in [1.54, 1.807) is 31.2 Å². The van der Waals surface area contributed by atoms with Gasteiger partial charge >= 0.3 is 5.97 Å². The Hall–Kier alpha value is -1.85. The van der Waals surface area contributed by atoms with Gasteiger partial charge in [-0.3, -0.25) is 4.79 Å². The van der Waals surface area contributed by atoms with Crippen LogP contribution in [0.15, 0.2) is 30.3 Å². The molecule has 0 aliphatic heterocycles. The van der Waals surface area contributed by atoms with Gasteiger partial charge in [0.15, 0.2) is 6.10 Å². The summed E-state index contributed by atoms with van der Waals surface area (Å²) < 4.78 is 5.27. The molecule has 0 aliphatic carbocycles. The Balaban J connectivity index is 1.96. The normalized spacial score (nSPS) is 11.8. The zero-order chi connectivity index (χ0) is 17.7. The fraction of sp³-hybridized carbons (Fsp3) is 0.333. The maximum Gasteiger partial charge on any atom is 0.349 e. The van der Waals surface area contributed by atoms with Crippen molar-refractivity contribution < 1.29 is 14.3 Å². The van der Waals surface area contributed by atoms with Crippen molar-refractivity contribution in [1.29, 1.82) is 0 Å². The Morgan fingerprint density at radius 1 is 1.29 bits per heavy atom. The molecular formula is C18H20ClNO3S. The van der Waals surface area contributed by atoms with Gasteiger partial charge in [0, 0.05) is 15.6 Å². The smallest absolute Gasteiger partial charge is 0.349 e. The number of carbonyl (C=O) groups excluding carboxylic acids is 2. The first-order valence-electron chi connectivity index (χ1n) is 7.77. The van der Waals surface area contributed by atoms with E-state index in [-0.39, 0.29) is 5.91 Å². The third-order valence-electron chi connectivity index (χ3n) is 3.51. The van der Waals surface area contributed by atoms with Crippen LogP contribution in [-0.4, -0.2) is 18.0 Å². The number of hydrogen-bond donors (Lipinski definition) is 1. The Kier molecular flexibility index (Phi) is 6.40. The van der Waals surface area contributed by atoms with Crippen LogP contribution in [0.5, 0.6) is 0 Å². The van der Waals surface area contributed by atoms with Crippen molar-refractivity contribution in [3.63, 3.8) is 0 Å². The third kappa shape index (κ3) is 4.82. The van der Waals surface area contributed by atoms with E-state index >= 15 is 0 Å². The number of ether oxygens (including phenoxy) is 1. The number of halogens is 1. The second kappa shape index (κ2) is 8.31. The van der Waals surface area contributed by atoms with E-state index in [2.05, 4.69) is 12.2 Å². The number of nitrogens with one attached hydrogen (secondary N) is 1. The number of benzene rings is 1. The minimum absolute atomic E-state index is 0.382. The molecule has 0 bridgehead atoms. The number of aryl methyl sites for hydroxylation is 2. The Labute approximate surface area is 150 Å². The van der Waals surface area contributed by atoms with Crippen LogP contribution >= 0.6 is 22.9 Å². The zero-order valence-corrected chi connectivity index (χ0v) is 15.5. The molecule has 0 saturated heterocycles. The van der Waals surface area contributed by atoms with Crippen LogP contribution in [0.2, 0.25) is 5.02 Å². The van der Waals surface area contributed by atoms with Crippen LogP contribution in [-0.2, 0) is 16.0 Å². The molecule has 2 aromatic rings. The number of carbonyl (C=O) groups is 2. The highest BCUT2D eigenvalue weighted by Crippen LogP contribution is 2.24. The molecule has 6 heteroatoms.